The van der Waals surface area contributed by atoms with Gasteiger partial charge in [-0.15, -0.1) is 0 Å². The summed E-state index contributed by atoms with van der Waals surface area (Å²) in [5.74, 6) is 5.69. The molecule has 3 rings (SSSR count). The lowest BCUT2D eigenvalue weighted by Crippen LogP contribution is -1.89. The third-order valence-corrected chi connectivity index (χ3v) is 3.52. The molecule has 0 N–H and O–H groups in total. The maximum atomic E-state index is 12.6. The summed E-state index contributed by atoms with van der Waals surface area (Å²) in [5.41, 5.74) is 3.37. The van der Waals surface area contributed by atoms with E-state index in [1.54, 1.807) is 19.3 Å². The predicted octanol–water partition coefficient (Wildman–Crippen LogP) is 4.83. The van der Waals surface area contributed by atoms with E-state index in [1.807, 2.05) is 43.3 Å². The lowest BCUT2D eigenvalue weighted by atomic mass is 10.1. The van der Waals surface area contributed by atoms with Crippen LogP contribution in [-0.4, -0.2) is 9.91 Å². The van der Waals surface area contributed by atoms with E-state index in [4.69, 9.17) is 0 Å². The number of aryl methyl sites for hydroxylation is 2. The zero-order valence-corrected chi connectivity index (χ0v) is 14.4. The zero-order valence-electron chi connectivity index (χ0n) is 14.4. The second kappa shape index (κ2) is 9.09. The number of nitrogens with zero attached hydrogens (tertiary/aromatic N) is 2. The monoisotopic (exact) mass is 348 g/mol. The largest absolute Gasteiger partial charge is 0.272 e. The quantitative estimate of drug-likeness (QED) is 0.359. The standard InChI is InChI=1S/C14H11N.C7H6FNO2/c1-12-9-10-15-11-14(12)8-7-13-5-3-2-4-6-13;1-5-2-3-6(9(10)11)4-7(5)8/h2-6,9-11H,1H3;2-4H,1H3. The van der Waals surface area contributed by atoms with Crippen LogP contribution in [0.5, 0.6) is 0 Å². The van der Waals surface area contributed by atoms with Gasteiger partial charge in [0.25, 0.3) is 5.69 Å². The van der Waals surface area contributed by atoms with Gasteiger partial charge in [-0.05, 0) is 49.2 Å². The SMILES string of the molecule is Cc1ccc([N+](=O)[O-])cc1F.Cc1ccncc1C#Cc1ccccc1. The van der Waals surface area contributed by atoms with Crippen molar-refractivity contribution >= 4 is 5.69 Å². The van der Waals surface area contributed by atoms with Crippen LogP contribution in [0, 0.1) is 41.6 Å². The van der Waals surface area contributed by atoms with Crippen molar-refractivity contribution in [3.8, 4) is 11.8 Å². The average Bonchev–Trinajstić information content (AvgIpc) is 2.64. The zero-order chi connectivity index (χ0) is 18.9. The molecule has 0 saturated carbocycles. The van der Waals surface area contributed by atoms with E-state index in [1.165, 1.54) is 12.1 Å². The summed E-state index contributed by atoms with van der Waals surface area (Å²) >= 11 is 0. The summed E-state index contributed by atoms with van der Waals surface area (Å²) in [4.78, 5) is 13.5. The number of nitro benzene ring substituents is 1. The number of halogens is 1. The maximum absolute atomic E-state index is 12.6. The van der Waals surface area contributed by atoms with Gasteiger partial charge in [-0.25, -0.2) is 4.39 Å². The van der Waals surface area contributed by atoms with Gasteiger partial charge in [0.15, 0.2) is 0 Å². The molecule has 0 bridgehead atoms. The normalized spacial score (nSPS) is 9.35. The Labute approximate surface area is 151 Å². The number of hydrogen-bond acceptors (Lipinski definition) is 3. The number of nitro groups is 1. The number of benzene rings is 2. The van der Waals surface area contributed by atoms with Crippen LogP contribution in [-0.2, 0) is 0 Å². The van der Waals surface area contributed by atoms with Gasteiger partial charge in [0.2, 0.25) is 0 Å². The first kappa shape index (κ1) is 18.8. The highest BCUT2D eigenvalue weighted by Gasteiger charge is 2.07. The van der Waals surface area contributed by atoms with Gasteiger partial charge in [-0.3, -0.25) is 15.1 Å². The fourth-order valence-corrected chi connectivity index (χ4v) is 1.95. The molecule has 5 heteroatoms. The van der Waals surface area contributed by atoms with Crippen LogP contribution in [0.4, 0.5) is 10.1 Å². The van der Waals surface area contributed by atoms with Crippen molar-refractivity contribution in [3.05, 3.63) is 105 Å². The Kier molecular flexibility index (Phi) is 6.58. The Hall–Kier alpha value is -3.52. The molecule has 0 radical (unpaired) electrons. The lowest BCUT2D eigenvalue weighted by molar-refractivity contribution is -0.385. The molecule has 130 valence electrons. The van der Waals surface area contributed by atoms with Gasteiger partial charge >= 0.3 is 0 Å². The van der Waals surface area contributed by atoms with E-state index >= 15 is 0 Å². The molecule has 1 heterocycles. The van der Waals surface area contributed by atoms with Crippen molar-refractivity contribution in [3.63, 3.8) is 0 Å². The summed E-state index contributed by atoms with van der Waals surface area (Å²) in [6.07, 6.45) is 3.58. The smallest absolute Gasteiger partial charge is 0.263 e. The second-order valence-corrected chi connectivity index (χ2v) is 5.50. The molecule has 2 aromatic carbocycles. The Morgan fingerprint density at radius 1 is 1.00 bits per heavy atom. The first-order chi connectivity index (χ1) is 12.5. The molecule has 0 aliphatic heterocycles. The van der Waals surface area contributed by atoms with Crippen LogP contribution < -0.4 is 0 Å². The van der Waals surface area contributed by atoms with Crippen LogP contribution >= 0.6 is 0 Å². The minimum absolute atomic E-state index is 0.215. The molecule has 0 saturated heterocycles. The molecule has 26 heavy (non-hydrogen) atoms. The number of rotatable bonds is 1. The molecule has 1 aromatic heterocycles. The molecule has 0 atom stereocenters. The first-order valence-corrected chi connectivity index (χ1v) is 7.85. The number of pyridine rings is 1. The van der Waals surface area contributed by atoms with E-state index < -0.39 is 10.7 Å². The fraction of sp³-hybridized carbons (Fsp3) is 0.0952. The summed E-state index contributed by atoms with van der Waals surface area (Å²) in [7, 11) is 0. The van der Waals surface area contributed by atoms with Gasteiger partial charge in [-0.2, -0.15) is 0 Å². The van der Waals surface area contributed by atoms with E-state index in [9.17, 15) is 14.5 Å². The highest BCUT2D eigenvalue weighted by atomic mass is 19.1. The predicted molar refractivity (Wildman–Crippen MR) is 99.2 cm³/mol. The van der Waals surface area contributed by atoms with Gasteiger partial charge in [0, 0.05) is 29.6 Å². The molecule has 0 aliphatic rings. The molecule has 3 aromatic rings. The summed E-state index contributed by atoms with van der Waals surface area (Å²) in [6.45, 7) is 3.59. The van der Waals surface area contributed by atoms with Crippen LogP contribution in [0.15, 0.2) is 67.0 Å². The molecule has 0 unspecified atom stereocenters. The summed E-state index contributed by atoms with van der Waals surface area (Å²) in [6, 6.07) is 15.5. The van der Waals surface area contributed by atoms with Gasteiger partial charge in [0.05, 0.1) is 11.0 Å². The summed E-state index contributed by atoms with van der Waals surface area (Å²) in [5, 5.41) is 10.1. The van der Waals surface area contributed by atoms with Crippen LogP contribution in [0.25, 0.3) is 0 Å². The Morgan fingerprint density at radius 3 is 2.35 bits per heavy atom. The average molecular weight is 348 g/mol. The number of aromatic nitrogens is 1. The number of hydrogen-bond donors (Lipinski definition) is 0. The van der Waals surface area contributed by atoms with Crippen molar-refractivity contribution in [1.29, 1.82) is 0 Å². The Morgan fingerprint density at radius 2 is 1.73 bits per heavy atom. The van der Waals surface area contributed by atoms with E-state index in [0.717, 1.165) is 22.8 Å². The van der Waals surface area contributed by atoms with Crippen LogP contribution in [0.2, 0.25) is 0 Å². The molecule has 0 fully saturated rings. The topological polar surface area (TPSA) is 56.0 Å². The van der Waals surface area contributed by atoms with Crippen molar-refractivity contribution in [1.82, 2.24) is 4.98 Å². The van der Waals surface area contributed by atoms with E-state index in [0.29, 0.717) is 5.56 Å². The van der Waals surface area contributed by atoms with Crippen molar-refractivity contribution < 1.29 is 9.31 Å². The summed E-state index contributed by atoms with van der Waals surface area (Å²) < 4.78 is 12.6. The molecule has 4 nitrogen and oxygen atoms in total. The molecular weight excluding hydrogens is 331 g/mol. The number of non-ortho nitro benzene ring substituents is 1. The molecule has 0 spiro atoms. The first-order valence-electron chi connectivity index (χ1n) is 7.85. The van der Waals surface area contributed by atoms with Crippen molar-refractivity contribution in [2.75, 3.05) is 0 Å². The van der Waals surface area contributed by atoms with Crippen LogP contribution in [0.1, 0.15) is 22.3 Å². The Balaban J connectivity index is 0.000000197. The van der Waals surface area contributed by atoms with Crippen molar-refractivity contribution in [2.45, 2.75) is 13.8 Å². The highest BCUT2D eigenvalue weighted by Crippen LogP contribution is 2.15. The second-order valence-electron chi connectivity index (χ2n) is 5.50. The highest BCUT2D eigenvalue weighted by molar-refractivity contribution is 5.44. The van der Waals surface area contributed by atoms with Crippen LogP contribution in [0.3, 0.4) is 0 Å². The Bertz CT molecular complexity index is 960. The minimum Gasteiger partial charge on any atom is -0.263 e. The third-order valence-electron chi connectivity index (χ3n) is 3.52. The van der Waals surface area contributed by atoms with E-state index in [-0.39, 0.29) is 5.69 Å². The fourth-order valence-electron chi connectivity index (χ4n) is 1.95. The van der Waals surface area contributed by atoms with Gasteiger partial charge < -0.3 is 0 Å². The third kappa shape index (κ3) is 5.53. The molecule has 0 aliphatic carbocycles. The van der Waals surface area contributed by atoms with Crippen molar-refractivity contribution in [2.24, 2.45) is 0 Å². The molecular formula is C21H17FN2O2. The van der Waals surface area contributed by atoms with Gasteiger partial charge in [0.1, 0.15) is 5.82 Å². The maximum Gasteiger partial charge on any atom is 0.272 e. The van der Waals surface area contributed by atoms with Gasteiger partial charge in [-0.1, -0.05) is 30.0 Å². The molecule has 0 amide bonds. The minimum atomic E-state index is -0.622. The van der Waals surface area contributed by atoms with E-state index in [2.05, 4.69) is 16.8 Å². The lowest BCUT2D eigenvalue weighted by Gasteiger charge is -1.94.